The molecule has 1 aliphatic carbocycles. The van der Waals surface area contributed by atoms with Crippen LogP contribution in [0.4, 0.5) is 0 Å². The molecule has 1 saturated carbocycles. The monoisotopic (exact) mass is 337 g/mol. The van der Waals surface area contributed by atoms with Crippen LogP contribution in [0.25, 0.3) is 0 Å². The van der Waals surface area contributed by atoms with Gasteiger partial charge in [-0.2, -0.15) is 0 Å². The summed E-state index contributed by atoms with van der Waals surface area (Å²) < 4.78 is 0. The van der Waals surface area contributed by atoms with Crippen LogP contribution in [0.1, 0.15) is 57.8 Å². The van der Waals surface area contributed by atoms with E-state index in [2.05, 4.69) is 15.1 Å². The van der Waals surface area contributed by atoms with Crippen LogP contribution in [0.3, 0.4) is 0 Å². The summed E-state index contributed by atoms with van der Waals surface area (Å²) in [6, 6.07) is 0. The standard InChI is InChI=1S/C19H35N3O2/c1-21(2)13-7-12-20-18(23)16-8-10-17(11-9-16)19(24)22-14-5-3-4-6-15-22/h16-17H,3-15H2,1-2H3,(H,20,23). The maximum Gasteiger partial charge on any atom is 0.225 e. The zero-order valence-electron chi connectivity index (χ0n) is 15.6. The van der Waals surface area contributed by atoms with Gasteiger partial charge < -0.3 is 15.1 Å². The lowest BCUT2D eigenvalue weighted by molar-refractivity contribution is -0.138. The maximum absolute atomic E-state index is 12.7. The number of likely N-dealkylation sites (tertiary alicyclic amines) is 1. The highest BCUT2D eigenvalue weighted by Gasteiger charge is 2.32. The van der Waals surface area contributed by atoms with Crippen molar-refractivity contribution in [3.05, 3.63) is 0 Å². The van der Waals surface area contributed by atoms with Crippen LogP contribution in [0.5, 0.6) is 0 Å². The number of nitrogens with one attached hydrogen (secondary N) is 1. The van der Waals surface area contributed by atoms with Crippen molar-refractivity contribution in [1.82, 2.24) is 15.1 Å². The molecule has 2 fully saturated rings. The first-order valence-corrected chi connectivity index (χ1v) is 9.79. The van der Waals surface area contributed by atoms with Crippen LogP contribution in [0.15, 0.2) is 0 Å². The summed E-state index contributed by atoms with van der Waals surface area (Å²) in [6.45, 7) is 3.62. The first kappa shape index (κ1) is 19.2. The quantitative estimate of drug-likeness (QED) is 0.757. The molecule has 1 heterocycles. The van der Waals surface area contributed by atoms with Crippen molar-refractivity contribution in [2.75, 3.05) is 40.3 Å². The van der Waals surface area contributed by atoms with Gasteiger partial charge in [0.05, 0.1) is 0 Å². The summed E-state index contributed by atoms with van der Waals surface area (Å²) in [5.41, 5.74) is 0. The molecule has 0 aromatic rings. The van der Waals surface area contributed by atoms with E-state index in [4.69, 9.17) is 0 Å². The Hall–Kier alpha value is -1.10. The van der Waals surface area contributed by atoms with Crippen LogP contribution in [0, 0.1) is 11.8 Å². The van der Waals surface area contributed by atoms with Gasteiger partial charge in [0.15, 0.2) is 0 Å². The number of nitrogens with zero attached hydrogens (tertiary/aromatic N) is 2. The molecule has 5 nitrogen and oxygen atoms in total. The second-order valence-corrected chi connectivity index (χ2v) is 7.74. The van der Waals surface area contributed by atoms with E-state index in [1.165, 1.54) is 12.8 Å². The molecule has 0 aromatic heterocycles. The summed E-state index contributed by atoms with van der Waals surface area (Å²) in [4.78, 5) is 29.1. The van der Waals surface area contributed by atoms with Gasteiger partial charge >= 0.3 is 0 Å². The fraction of sp³-hybridized carbons (Fsp3) is 0.895. The van der Waals surface area contributed by atoms with Gasteiger partial charge in [-0.15, -0.1) is 0 Å². The number of amides is 2. The second-order valence-electron chi connectivity index (χ2n) is 7.74. The van der Waals surface area contributed by atoms with Gasteiger partial charge in [0, 0.05) is 31.5 Å². The Morgan fingerprint density at radius 2 is 1.54 bits per heavy atom. The van der Waals surface area contributed by atoms with Crippen LogP contribution >= 0.6 is 0 Å². The van der Waals surface area contributed by atoms with Crippen LogP contribution < -0.4 is 5.32 Å². The molecule has 2 rings (SSSR count). The fourth-order valence-corrected chi connectivity index (χ4v) is 3.90. The number of carbonyl (C=O) groups excluding carboxylic acids is 2. The molecule has 2 amide bonds. The lowest BCUT2D eigenvalue weighted by Gasteiger charge is -2.31. The van der Waals surface area contributed by atoms with Gasteiger partial charge in [-0.3, -0.25) is 9.59 Å². The average Bonchev–Trinajstić information content (AvgIpc) is 2.87. The van der Waals surface area contributed by atoms with Gasteiger partial charge in [-0.1, -0.05) is 12.8 Å². The van der Waals surface area contributed by atoms with Gasteiger partial charge in [-0.25, -0.2) is 0 Å². The molecule has 1 aliphatic heterocycles. The number of carbonyl (C=O) groups is 2. The normalized spacial score (nSPS) is 25.4. The highest BCUT2D eigenvalue weighted by atomic mass is 16.2. The molecule has 1 N–H and O–H groups in total. The minimum absolute atomic E-state index is 0.109. The van der Waals surface area contributed by atoms with Gasteiger partial charge in [0.1, 0.15) is 0 Å². The number of rotatable bonds is 6. The smallest absolute Gasteiger partial charge is 0.225 e. The van der Waals surface area contributed by atoms with E-state index in [-0.39, 0.29) is 17.7 Å². The Bertz CT molecular complexity index is 395. The molecule has 1 saturated heterocycles. The van der Waals surface area contributed by atoms with E-state index in [0.29, 0.717) is 5.91 Å². The number of hydrogen-bond acceptors (Lipinski definition) is 3. The van der Waals surface area contributed by atoms with E-state index < -0.39 is 0 Å². The molecule has 2 aliphatic rings. The van der Waals surface area contributed by atoms with E-state index in [9.17, 15) is 9.59 Å². The highest BCUT2D eigenvalue weighted by Crippen LogP contribution is 2.30. The maximum atomic E-state index is 12.7. The third-order valence-electron chi connectivity index (χ3n) is 5.45. The third-order valence-corrected chi connectivity index (χ3v) is 5.45. The van der Waals surface area contributed by atoms with E-state index >= 15 is 0 Å². The van der Waals surface area contributed by atoms with Crippen molar-refractivity contribution in [3.63, 3.8) is 0 Å². The average molecular weight is 338 g/mol. The lowest BCUT2D eigenvalue weighted by atomic mass is 9.81. The minimum Gasteiger partial charge on any atom is -0.356 e. The molecule has 138 valence electrons. The lowest BCUT2D eigenvalue weighted by Crippen LogP contribution is -2.40. The zero-order valence-corrected chi connectivity index (χ0v) is 15.6. The topological polar surface area (TPSA) is 52.7 Å². The summed E-state index contributed by atoms with van der Waals surface area (Å²) in [5.74, 6) is 0.801. The Labute approximate surface area is 147 Å². The molecule has 5 heteroatoms. The van der Waals surface area contributed by atoms with Crippen molar-refractivity contribution < 1.29 is 9.59 Å². The molecular weight excluding hydrogens is 302 g/mol. The molecule has 0 radical (unpaired) electrons. The first-order valence-electron chi connectivity index (χ1n) is 9.79. The Balaban J connectivity index is 1.68. The van der Waals surface area contributed by atoms with Gasteiger partial charge in [-0.05, 0) is 65.6 Å². The minimum atomic E-state index is 0.109. The van der Waals surface area contributed by atoms with Crippen molar-refractivity contribution in [2.24, 2.45) is 11.8 Å². The van der Waals surface area contributed by atoms with Crippen molar-refractivity contribution in [2.45, 2.75) is 57.8 Å². The van der Waals surface area contributed by atoms with E-state index in [0.717, 1.165) is 71.1 Å². The van der Waals surface area contributed by atoms with Crippen molar-refractivity contribution in [1.29, 1.82) is 0 Å². The predicted octanol–water partition coefficient (Wildman–Crippen LogP) is 2.26. The van der Waals surface area contributed by atoms with E-state index in [1.54, 1.807) is 0 Å². The Morgan fingerprint density at radius 1 is 0.958 bits per heavy atom. The molecule has 0 aromatic carbocycles. The van der Waals surface area contributed by atoms with Crippen LogP contribution in [-0.2, 0) is 9.59 Å². The summed E-state index contributed by atoms with van der Waals surface area (Å²) >= 11 is 0. The summed E-state index contributed by atoms with van der Waals surface area (Å²) in [5, 5.41) is 3.06. The molecule has 0 atom stereocenters. The highest BCUT2D eigenvalue weighted by molar-refractivity contribution is 5.81. The van der Waals surface area contributed by atoms with Crippen molar-refractivity contribution in [3.8, 4) is 0 Å². The zero-order chi connectivity index (χ0) is 17.4. The van der Waals surface area contributed by atoms with Crippen LogP contribution in [-0.4, -0.2) is 61.9 Å². The molecule has 0 unspecified atom stereocenters. The Kier molecular flexibility index (Phi) is 8.03. The Morgan fingerprint density at radius 3 is 2.12 bits per heavy atom. The second kappa shape index (κ2) is 10.0. The molecule has 24 heavy (non-hydrogen) atoms. The van der Waals surface area contributed by atoms with Crippen LogP contribution in [0.2, 0.25) is 0 Å². The molecule has 0 bridgehead atoms. The largest absolute Gasteiger partial charge is 0.356 e. The van der Waals surface area contributed by atoms with Crippen molar-refractivity contribution >= 4 is 11.8 Å². The van der Waals surface area contributed by atoms with E-state index in [1.807, 2.05) is 14.1 Å². The SMILES string of the molecule is CN(C)CCCNC(=O)C1CCC(C(=O)N2CCCCCC2)CC1. The summed E-state index contributed by atoms with van der Waals surface area (Å²) in [6.07, 6.45) is 9.28. The molecule has 0 spiro atoms. The molecular formula is C19H35N3O2. The third kappa shape index (κ3) is 6.08. The number of hydrogen-bond donors (Lipinski definition) is 1. The fourth-order valence-electron chi connectivity index (χ4n) is 3.90. The van der Waals surface area contributed by atoms with Gasteiger partial charge in [0.2, 0.25) is 11.8 Å². The van der Waals surface area contributed by atoms with Gasteiger partial charge in [0.25, 0.3) is 0 Å². The predicted molar refractivity (Wildman–Crippen MR) is 96.7 cm³/mol. The summed E-state index contributed by atoms with van der Waals surface area (Å²) in [7, 11) is 4.09. The first-order chi connectivity index (χ1) is 11.6.